The van der Waals surface area contributed by atoms with Crippen molar-refractivity contribution in [3.05, 3.63) is 28.0 Å². The van der Waals surface area contributed by atoms with Gasteiger partial charge in [0.25, 0.3) is 0 Å². The molecule has 1 N–H and O–H groups in total. The lowest BCUT2D eigenvalue weighted by molar-refractivity contribution is 0.0386. The molecule has 2 heterocycles. The van der Waals surface area contributed by atoms with Crippen molar-refractivity contribution >= 4 is 23.2 Å². The quantitative estimate of drug-likeness (QED) is 0.921. The van der Waals surface area contributed by atoms with E-state index in [1.165, 1.54) is 0 Å². The summed E-state index contributed by atoms with van der Waals surface area (Å²) in [5.41, 5.74) is 0.874. The van der Waals surface area contributed by atoms with E-state index in [9.17, 15) is 0 Å². The van der Waals surface area contributed by atoms with E-state index < -0.39 is 0 Å². The topological polar surface area (TPSA) is 34.2 Å². The number of aromatic nitrogens is 1. The molecule has 1 aromatic heterocycles. The lowest BCUT2D eigenvalue weighted by atomic mass is 9.91. The molecular formula is C13H18Cl2N2O. The van der Waals surface area contributed by atoms with E-state index >= 15 is 0 Å². The lowest BCUT2D eigenvalue weighted by Crippen LogP contribution is -2.34. The van der Waals surface area contributed by atoms with Gasteiger partial charge in [0.15, 0.2) is 0 Å². The Kier molecular flexibility index (Phi) is 5.25. The summed E-state index contributed by atoms with van der Waals surface area (Å²) < 4.78 is 5.56. The van der Waals surface area contributed by atoms with E-state index in [0.717, 1.165) is 38.3 Å². The molecule has 1 fully saturated rings. The van der Waals surface area contributed by atoms with Gasteiger partial charge in [-0.3, -0.25) is 4.98 Å². The van der Waals surface area contributed by atoms with Crippen LogP contribution in [0.5, 0.6) is 0 Å². The summed E-state index contributed by atoms with van der Waals surface area (Å²) in [6, 6.07) is 1.89. The number of hydrogen-bond acceptors (Lipinski definition) is 3. The van der Waals surface area contributed by atoms with Crippen LogP contribution in [0.3, 0.4) is 0 Å². The first-order valence-electron chi connectivity index (χ1n) is 6.34. The van der Waals surface area contributed by atoms with Crippen LogP contribution in [-0.4, -0.2) is 24.7 Å². The van der Waals surface area contributed by atoms with E-state index in [4.69, 9.17) is 27.9 Å². The smallest absolute Gasteiger partial charge is 0.0763 e. The van der Waals surface area contributed by atoms with Crippen LogP contribution in [0.4, 0.5) is 0 Å². The maximum Gasteiger partial charge on any atom is 0.0763 e. The zero-order valence-electron chi connectivity index (χ0n) is 10.5. The van der Waals surface area contributed by atoms with Gasteiger partial charge in [-0.25, -0.2) is 0 Å². The fraction of sp³-hybridized carbons (Fsp3) is 0.615. The first kappa shape index (κ1) is 14.1. The SMILES string of the molecule is CCNC(c1ncc(Cl)cc1Cl)C1CCCOC1. The van der Waals surface area contributed by atoms with Gasteiger partial charge < -0.3 is 10.1 Å². The van der Waals surface area contributed by atoms with Gasteiger partial charge in [-0.15, -0.1) is 0 Å². The molecule has 5 heteroatoms. The predicted octanol–water partition coefficient (Wildman–Crippen LogP) is 3.47. The highest BCUT2D eigenvalue weighted by molar-refractivity contribution is 6.34. The maximum absolute atomic E-state index is 6.25. The third-order valence-corrected chi connectivity index (χ3v) is 3.73. The summed E-state index contributed by atoms with van der Waals surface area (Å²) in [6.07, 6.45) is 3.88. The second-order valence-corrected chi connectivity index (χ2v) is 5.38. The van der Waals surface area contributed by atoms with Gasteiger partial charge >= 0.3 is 0 Å². The molecule has 1 aromatic rings. The van der Waals surface area contributed by atoms with Crippen molar-refractivity contribution in [3.63, 3.8) is 0 Å². The Morgan fingerprint density at radius 2 is 2.39 bits per heavy atom. The Morgan fingerprint density at radius 3 is 3.00 bits per heavy atom. The summed E-state index contributed by atoms with van der Waals surface area (Å²) >= 11 is 12.1. The van der Waals surface area contributed by atoms with E-state index in [-0.39, 0.29) is 6.04 Å². The molecule has 0 spiro atoms. The second kappa shape index (κ2) is 6.71. The van der Waals surface area contributed by atoms with Gasteiger partial charge in [-0.05, 0) is 25.5 Å². The van der Waals surface area contributed by atoms with Gasteiger partial charge in [-0.1, -0.05) is 30.1 Å². The largest absolute Gasteiger partial charge is 0.381 e. The number of ether oxygens (including phenoxy) is 1. The molecule has 100 valence electrons. The summed E-state index contributed by atoms with van der Waals surface area (Å²) in [5.74, 6) is 0.421. The minimum atomic E-state index is 0.139. The van der Waals surface area contributed by atoms with Crippen LogP contribution in [0.2, 0.25) is 10.0 Å². The number of nitrogens with zero attached hydrogens (tertiary/aromatic N) is 1. The molecule has 0 amide bonds. The van der Waals surface area contributed by atoms with Crippen LogP contribution in [-0.2, 0) is 4.74 Å². The molecule has 0 aliphatic carbocycles. The minimum Gasteiger partial charge on any atom is -0.381 e. The van der Waals surface area contributed by atoms with E-state index in [2.05, 4.69) is 17.2 Å². The van der Waals surface area contributed by atoms with Crippen molar-refractivity contribution in [2.45, 2.75) is 25.8 Å². The van der Waals surface area contributed by atoms with E-state index in [0.29, 0.717) is 16.0 Å². The Labute approximate surface area is 118 Å². The molecular weight excluding hydrogens is 271 g/mol. The first-order valence-corrected chi connectivity index (χ1v) is 7.10. The van der Waals surface area contributed by atoms with Crippen LogP contribution in [0.15, 0.2) is 12.3 Å². The molecule has 1 saturated heterocycles. The molecule has 2 rings (SSSR count). The molecule has 1 aliphatic rings. The van der Waals surface area contributed by atoms with Crippen molar-refractivity contribution in [1.29, 1.82) is 0 Å². The highest BCUT2D eigenvalue weighted by Crippen LogP contribution is 2.32. The van der Waals surface area contributed by atoms with Crippen molar-refractivity contribution in [2.75, 3.05) is 19.8 Å². The molecule has 3 nitrogen and oxygen atoms in total. The highest BCUT2D eigenvalue weighted by Gasteiger charge is 2.27. The molecule has 0 saturated carbocycles. The predicted molar refractivity (Wildman–Crippen MR) is 74.2 cm³/mol. The molecule has 0 radical (unpaired) electrons. The van der Waals surface area contributed by atoms with Crippen LogP contribution >= 0.6 is 23.2 Å². The number of hydrogen-bond donors (Lipinski definition) is 1. The Bertz CT molecular complexity index is 395. The van der Waals surface area contributed by atoms with Crippen molar-refractivity contribution in [2.24, 2.45) is 5.92 Å². The Morgan fingerprint density at radius 1 is 1.56 bits per heavy atom. The van der Waals surface area contributed by atoms with Gasteiger partial charge in [0, 0.05) is 18.7 Å². The summed E-state index contributed by atoms with van der Waals surface area (Å²) in [5, 5.41) is 4.65. The maximum atomic E-state index is 6.25. The average Bonchev–Trinajstić information content (AvgIpc) is 2.38. The number of pyridine rings is 1. The molecule has 2 unspecified atom stereocenters. The van der Waals surface area contributed by atoms with Gasteiger partial charge in [0.2, 0.25) is 0 Å². The van der Waals surface area contributed by atoms with Gasteiger partial charge in [0.05, 0.1) is 28.4 Å². The third kappa shape index (κ3) is 3.35. The standard InChI is InChI=1S/C13H18Cl2N2O/c1-2-16-12(9-4-3-5-18-8-9)13-11(15)6-10(14)7-17-13/h6-7,9,12,16H,2-5,8H2,1H3. The Hall–Kier alpha value is -0.350. The number of rotatable bonds is 4. The van der Waals surface area contributed by atoms with Gasteiger partial charge in [0.1, 0.15) is 0 Å². The fourth-order valence-corrected chi connectivity index (χ4v) is 2.89. The molecule has 1 aliphatic heterocycles. The van der Waals surface area contributed by atoms with Crippen LogP contribution in [0.1, 0.15) is 31.5 Å². The van der Waals surface area contributed by atoms with Crippen LogP contribution < -0.4 is 5.32 Å². The van der Waals surface area contributed by atoms with E-state index in [1.54, 1.807) is 12.3 Å². The third-order valence-electron chi connectivity index (χ3n) is 3.22. The monoisotopic (exact) mass is 288 g/mol. The number of nitrogens with one attached hydrogen (secondary N) is 1. The zero-order valence-corrected chi connectivity index (χ0v) is 12.0. The van der Waals surface area contributed by atoms with Crippen LogP contribution in [0, 0.1) is 5.92 Å². The number of halogens is 2. The van der Waals surface area contributed by atoms with Crippen molar-refractivity contribution < 1.29 is 4.74 Å². The summed E-state index contributed by atoms with van der Waals surface area (Å²) in [7, 11) is 0. The molecule has 18 heavy (non-hydrogen) atoms. The van der Waals surface area contributed by atoms with E-state index in [1.807, 2.05) is 0 Å². The van der Waals surface area contributed by atoms with Crippen molar-refractivity contribution in [1.82, 2.24) is 10.3 Å². The molecule has 0 bridgehead atoms. The van der Waals surface area contributed by atoms with Gasteiger partial charge in [-0.2, -0.15) is 0 Å². The second-order valence-electron chi connectivity index (χ2n) is 4.53. The Balaban J connectivity index is 2.22. The zero-order chi connectivity index (χ0) is 13.0. The summed E-state index contributed by atoms with van der Waals surface area (Å²) in [4.78, 5) is 4.39. The lowest BCUT2D eigenvalue weighted by Gasteiger charge is -2.30. The highest BCUT2D eigenvalue weighted by atomic mass is 35.5. The van der Waals surface area contributed by atoms with Crippen LogP contribution in [0.25, 0.3) is 0 Å². The fourth-order valence-electron chi connectivity index (χ4n) is 2.39. The van der Waals surface area contributed by atoms with Crippen molar-refractivity contribution in [3.8, 4) is 0 Å². The molecule has 0 aromatic carbocycles. The normalized spacial score (nSPS) is 21.8. The summed E-state index contributed by atoms with van der Waals surface area (Å²) in [6.45, 7) is 4.58. The average molecular weight is 289 g/mol. The first-order chi connectivity index (χ1) is 8.72. The molecule has 2 atom stereocenters. The minimum absolute atomic E-state index is 0.139.